The zero-order valence-electron chi connectivity index (χ0n) is 19.8. The highest BCUT2D eigenvalue weighted by atomic mass is 16.5. The maximum atomic E-state index is 12.5. The summed E-state index contributed by atoms with van der Waals surface area (Å²) in [5.74, 6) is 1.79. The summed E-state index contributed by atoms with van der Waals surface area (Å²) >= 11 is 0. The topological polar surface area (TPSA) is 67.8 Å². The van der Waals surface area contributed by atoms with Crippen LogP contribution >= 0.6 is 0 Å². The van der Waals surface area contributed by atoms with Crippen molar-refractivity contribution in [3.05, 3.63) is 54.1 Å². The van der Waals surface area contributed by atoms with Crippen LogP contribution in [0.15, 0.2) is 48.5 Å². The fourth-order valence-electron chi connectivity index (χ4n) is 7.19. The number of para-hydroxylation sites is 1. The van der Waals surface area contributed by atoms with Gasteiger partial charge in [0.1, 0.15) is 5.75 Å². The minimum Gasteiger partial charge on any atom is -0.496 e. The first-order chi connectivity index (χ1) is 15.9. The first-order valence-corrected chi connectivity index (χ1v) is 12.2. The number of rotatable bonds is 6. The van der Waals surface area contributed by atoms with Gasteiger partial charge in [0.15, 0.2) is 0 Å². The van der Waals surface area contributed by atoms with Crippen molar-refractivity contribution in [3.63, 3.8) is 0 Å². The van der Waals surface area contributed by atoms with Gasteiger partial charge in [-0.15, -0.1) is 0 Å². The molecule has 2 aliphatic carbocycles. The molecule has 3 fully saturated rings. The lowest BCUT2D eigenvalue weighted by Gasteiger charge is -2.53. The quantitative estimate of drug-likeness (QED) is 0.668. The summed E-state index contributed by atoms with van der Waals surface area (Å²) < 4.78 is 11.9. The number of nitrogens with one attached hydrogen (secondary N) is 1. The van der Waals surface area contributed by atoms with E-state index in [-0.39, 0.29) is 41.9 Å². The molecule has 5 rings (SSSR count). The van der Waals surface area contributed by atoms with E-state index in [1.54, 1.807) is 7.11 Å². The van der Waals surface area contributed by atoms with Crippen LogP contribution in [-0.2, 0) is 9.53 Å². The van der Waals surface area contributed by atoms with Gasteiger partial charge in [0.2, 0.25) is 5.91 Å². The standard InChI is InChI=1S/C28H35NO4/c1-27(2)20-16-22-25(33-15-13-28(22,17-20)26(27)29-24(31)12-14-30)19-10-8-18(9-11-19)21-6-4-5-7-23(21)32-3/h4-11,20,22,25-26,30H,12-17H2,1-3H3,(H,29,31)/t20-,22-,25-,26+,28?/m1/s1. The van der Waals surface area contributed by atoms with Crippen LogP contribution in [0.2, 0.25) is 0 Å². The van der Waals surface area contributed by atoms with Crippen molar-refractivity contribution in [2.75, 3.05) is 20.3 Å². The highest BCUT2D eigenvalue weighted by Gasteiger charge is 2.68. The van der Waals surface area contributed by atoms with Crippen molar-refractivity contribution >= 4 is 5.91 Å². The highest BCUT2D eigenvalue weighted by molar-refractivity contribution is 5.76. The molecule has 1 aliphatic heterocycles. The van der Waals surface area contributed by atoms with Gasteiger partial charge in [0.05, 0.1) is 19.8 Å². The molecule has 33 heavy (non-hydrogen) atoms. The molecule has 1 heterocycles. The van der Waals surface area contributed by atoms with E-state index in [1.807, 2.05) is 18.2 Å². The Hall–Kier alpha value is -2.37. The molecule has 1 spiro atoms. The van der Waals surface area contributed by atoms with E-state index in [9.17, 15) is 9.90 Å². The van der Waals surface area contributed by atoms with Crippen molar-refractivity contribution in [1.82, 2.24) is 5.32 Å². The Bertz CT molecular complexity index is 1020. The number of fused-ring (bicyclic) bond motifs is 1. The van der Waals surface area contributed by atoms with E-state index in [0.717, 1.165) is 36.1 Å². The minimum atomic E-state index is -0.108. The molecule has 1 saturated heterocycles. The largest absolute Gasteiger partial charge is 0.496 e. The molecule has 176 valence electrons. The van der Waals surface area contributed by atoms with E-state index < -0.39 is 0 Å². The molecule has 5 heteroatoms. The summed E-state index contributed by atoms with van der Waals surface area (Å²) in [5.41, 5.74) is 3.54. The van der Waals surface area contributed by atoms with Crippen molar-refractivity contribution in [2.45, 2.75) is 51.7 Å². The second-order valence-electron chi connectivity index (χ2n) is 10.6. The predicted molar refractivity (Wildman–Crippen MR) is 128 cm³/mol. The third-order valence-corrected chi connectivity index (χ3v) is 8.81. The Morgan fingerprint density at radius 3 is 2.67 bits per heavy atom. The first kappa shape index (κ1) is 22.4. The predicted octanol–water partition coefficient (Wildman–Crippen LogP) is 4.74. The minimum absolute atomic E-state index is 0.0412. The third kappa shape index (κ3) is 3.57. The average Bonchev–Trinajstić information content (AvgIpc) is 3.31. The molecule has 5 nitrogen and oxygen atoms in total. The number of carbonyl (C=O) groups is 1. The number of hydrogen-bond donors (Lipinski definition) is 2. The van der Waals surface area contributed by atoms with Crippen LogP contribution in [0.3, 0.4) is 0 Å². The zero-order chi connectivity index (χ0) is 23.2. The van der Waals surface area contributed by atoms with E-state index in [2.05, 4.69) is 49.5 Å². The maximum Gasteiger partial charge on any atom is 0.222 e. The Kier molecular flexibility index (Phi) is 5.74. The number of aliphatic hydroxyl groups excluding tert-OH is 1. The number of amides is 1. The van der Waals surface area contributed by atoms with Crippen molar-refractivity contribution in [1.29, 1.82) is 0 Å². The van der Waals surface area contributed by atoms with E-state index in [1.165, 1.54) is 5.56 Å². The Balaban J connectivity index is 1.43. The van der Waals surface area contributed by atoms with Gasteiger partial charge in [-0.3, -0.25) is 4.79 Å². The van der Waals surface area contributed by atoms with E-state index in [4.69, 9.17) is 9.47 Å². The van der Waals surface area contributed by atoms with Crippen LogP contribution in [0.5, 0.6) is 5.75 Å². The first-order valence-electron chi connectivity index (χ1n) is 12.2. The lowest BCUT2D eigenvalue weighted by molar-refractivity contribution is -0.137. The van der Waals surface area contributed by atoms with E-state index >= 15 is 0 Å². The van der Waals surface area contributed by atoms with Gasteiger partial charge in [0, 0.05) is 24.6 Å². The molecule has 2 N–H and O–H groups in total. The van der Waals surface area contributed by atoms with Crippen LogP contribution in [0.4, 0.5) is 0 Å². The molecule has 2 saturated carbocycles. The summed E-state index contributed by atoms with van der Waals surface area (Å²) in [7, 11) is 1.70. The fourth-order valence-corrected chi connectivity index (χ4v) is 7.19. The highest BCUT2D eigenvalue weighted by Crippen LogP contribution is 2.70. The monoisotopic (exact) mass is 449 g/mol. The molecule has 2 bridgehead atoms. The van der Waals surface area contributed by atoms with Crippen LogP contribution < -0.4 is 10.1 Å². The molecule has 0 aromatic heterocycles. The Labute approximate surface area is 196 Å². The Morgan fingerprint density at radius 2 is 1.94 bits per heavy atom. The summed E-state index contributed by atoms with van der Waals surface area (Å²) in [6, 6.07) is 16.9. The molecular formula is C28H35NO4. The maximum absolute atomic E-state index is 12.5. The Morgan fingerprint density at radius 1 is 1.18 bits per heavy atom. The second-order valence-corrected chi connectivity index (χ2v) is 10.6. The molecule has 3 aliphatic rings. The zero-order valence-corrected chi connectivity index (χ0v) is 19.8. The van der Waals surface area contributed by atoms with Crippen LogP contribution in [0.1, 0.15) is 51.2 Å². The van der Waals surface area contributed by atoms with Gasteiger partial charge >= 0.3 is 0 Å². The molecule has 0 radical (unpaired) electrons. The van der Waals surface area contributed by atoms with Gasteiger partial charge in [-0.25, -0.2) is 0 Å². The number of ether oxygens (including phenoxy) is 2. The van der Waals surface area contributed by atoms with Gasteiger partial charge < -0.3 is 19.9 Å². The number of methoxy groups -OCH3 is 1. The van der Waals surface area contributed by atoms with Gasteiger partial charge in [-0.2, -0.15) is 0 Å². The summed E-state index contributed by atoms with van der Waals surface area (Å²) in [5, 5.41) is 12.6. The van der Waals surface area contributed by atoms with Crippen LogP contribution in [-0.4, -0.2) is 37.4 Å². The lowest BCUT2D eigenvalue weighted by atomic mass is 9.59. The van der Waals surface area contributed by atoms with Crippen LogP contribution in [0.25, 0.3) is 11.1 Å². The van der Waals surface area contributed by atoms with Crippen molar-refractivity contribution in [3.8, 4) is 16.9 Å². The summed E-state index contributed by atoms with van der Waals surface area (Å²) in [6.45, 7) is 5.21. The number of hydrogen-bond acceptors (Lipinski definition) is 4. The summed E-state index contributed by atoms with van der Waals surface area (Å²) in [4.78, 5) is 12.5. The lowest BCUT2D eigenvalue weighted by Crippen LogP contribution is -2.59. The molecule has 2 aromatic carbocycles. The number of carbonyl (C=O) groups excluding carboxylic acids is 1. The second kappa shape index (κ2) is 8.44. The number of aliphatic hydroxyl groups is 1. The third-order valence-electron chi connectivity index (χ3n) is 8.81. The van der Waals surface area contributed by atoms with Crippen molar-refractivity contribution < 1.29 is 19.4 Å². The van der Waals surface area contributed by atoms with Gasteiger partial charge in [-0.1, -0.05) is 56.3 Å². The van der Waals surface area contributed by atoms with Crippen molar-refractivity contribution in [2.24, 2.45) is 22.7 Å². The number of benzene rings is 2. The van der Waals surface area contributed by atoms with Gasteiger partial charge in [-0.05, 0) is 59.1 Å². The van der Waals surface area contributed by atoms with E-state index in [0.29, 0.717) is 18.4 Å². The normalized spacial score (nSPS) is 31.8. The fraction of sp³-hybridized carbons (Fsp3) is 0.536. The average molecular weight is 450 g/mol. The molecule has 1 amide bonds. The van der Waals surface area contributed by atoms with Gasteiger partial charge in [0.25, 0.3) is 0 Å². The van der Waals surface area contributed by atoms with Crippen LogP contribution in [0, 0.1) is 22.7 Å². The summed E-state index contributed by atoms with van der Waals surface area (Å²) in [6.07, 6.45) is 3.48. The molecular weight excluding hydrogens is 414 g/mol. The SMILES string of the molecule is COc1ccccc1-c1ccc([C@H]2OCCC34C[C@@H](C[C@H]23)C(C)(C)[C@@H]4NC(=O)CCO)cc1. The molecule has 5 atom stereocenters. The molecule has 2 aromatic rings. The molecule has 1 unspecified atom stereocenters. The smallest absolute Gasteiger partial charge is 0.222 e.